The predicted octanol–water partition coefficient (Wildman–Crippen LogP) is 8.03. The van der Waals surface area contributed by atoms with Gasteiger partial charge in [0.15, 0.2) is 4.80 Å². The molecule has 0 aliphatic carbocycles. The molecule has 4 aromatic carbocycles. The number of hydrogen-bond donors (Lipinski definition) is 1. The Hall–Kier alpha value is -3.96. The summed E-state index contributed by atoms with van der Waals surface area (Å²) in [6.45, 7) is 4.54. The van der Waals surface area contributed by atoms with Gasteiger partial charge in [0.2, 0.25) is 0 Å². The second-order valence-electron chi connectivity index (χ2n) is 10.6. The number of nitrogens with zero attached hydrogens (tertiary/aromatic N) is 2. The van der Waals surface area contributed by atoms with Gasteiger partial charge in [0.25, 0.3) is 11.5 Å². The lowest BCUT2D eigenvalue weighted by molar-refractivity contribution is -0.113. The standard InChI is InChI=1S/C36H28Br2ClN3O4S/c1-3-45-26-15-13-23(14-16-26)32-31(34(43)41-25-10-5-4-6-11-25)21(2)40-36-42(32)35(44)30(47-36)19-22-17-27(37)33(28(38)18-22)46-20-24-9-7-8-12-29(24)39/h4-19,32H,3,20H2,1-2H3,(H,41,43)/b30-19-/t32-/m1/s1. The number of amides is 1. The molecule has 238 valence electrons. The van der Waals surface area contributed by atoms with Gasteiger partial charge < -0.3 is 14.8 Å². The number of para-hydroxylation sites is 1. The highest BCUT2D eigenvalue weighted by Gasteiger charge is 2.32. The first-order valence-corrected chi connectivity index (χ1v) is 17.5. The molecule has 0 spiro atoms. The summed E-state index contributed by atoms with van der Waals surface area (Å²) < 4.78 is 15.2. The van der Waals surface area contributed by atoms with Crippen molar-refractivity contribution >= 4 is 72.5 Å². The minimum Gasteiger partial charge on any atom is -0.494 e. The topological polar surface area (TPSA) is 81.9 Å². The van der Waals surface area contributed by atoms with Crippen LogP contribution in [0.3, 0.4) is 0 Å². The molecule has 1 N–H and O–H groups in total. The molecule has 1 aromatic heterocycles. The summed E-state index contributed by atoms with van der Waals surface area (Å²) in [6.07, 6.45) is 1.81. The van der Waals surface area contributed by atoms with Gasteiger partial charge in [-0.3, -0.25) is 14.2 Å². The third-order valence-corrected chi connectivity index (χ3v) is 9.98. The fourth-order valence-electron chi connectivity index (χ4n) is 5.28. The van der Waals surface area contributed by atoms with Crippen molar-refractivity contribution in [2.45, 2.75) is 26.5 Å². The lowest BCUT2D eigenvalue weighted by Crippen LogP contribution is -2.40. The van der Waals surface area contributed by atoms with Crippen LogP contribution in [-0.4, -0.2) is 17.1 Å². The summed E-state index contributed by atoms with van der Waals surface area (Å²) >= 11 is 14.8. The van der Waals surface area contributed by atoms with E-state index in [1.807, 2.05) is 104 Å². The SMILES string of the molecule is CCOc1ccc([C@@H]2C(C(=O)Nc3ccccc3)=C(C)N=c3s/c(=C\c4cc(Br)c(OCc5ccccc5Cl)c(Br)c4)c(=O)n32)cc1. The number of aromatic nitrogens is 1. The van der Waals surface area contributed by atoms with Gasteiger partial charge in [0.1, 0.15) is 18.1 Å². The van der Waals surface area contributed by atoms with Crippen LogP contribution in [-0.2, 0) is 11.4 Å². The number of thiazole rings is 1. The molecule has 0 fully saturated rings. The fourth-order valence-corrected chi connectivity index (χ4v) is 7.97. The maximum absolute atomic E-state index is 14.2. The van der Waals surface area contributed by atoms with Crippen LogP contribution < -0.4 is 29.7 Å². The number of nitrogens with one attached hydrogen (secondary N) is 1. The molecule has 1 amide bonds. The van der Waals surface area contributed by atoms with Gasteiger partial charge in [-0.2, -0.15) is 0 Å². The van der Waals surface area contributed by atoms with Crippen molar-refractivity contribution in [2.24, 2.45) is 4.99 Å². The van der Waals surface area contributed by atoms with Crippen molar-refractivity contribution in [2.75, 3.05) is 11.9 Å². The van der Waals surface area contributed by atoms with Gasteiger partial charge in [0, 0.05) is 16.3 Å². The van der Waals surface area contributed by atoms with Crippen LogP contribution in [0.2, 0.25) is 5.02 Å². The van der Waals surface area contributed by atoms with E-state index in [-0.39, 0.29) is 11.5 Å². The number of allylic oxidation sites excluding steroid dienone is 1. The largest absolute Gasteiger partial charge is 0.494 e. The van der Waals surface area contributed by atoms with Crippen molar-refractivity contribution in [1.29, 1.82) is 0 Å². The molecule has 47 heavy (non-hydrogen) atoms. The van der Waals surface area contributed by atoms with Crippen LogP contribution in [0.4, 0.5) is 5.69 Å². The molecule has 0 unspecified atom stereocenters. The number of benzene rings is 4. The minimum absolute atomic E-state index is 0.253. The summed E-state index contributed by atoms with van der Waals surface area (Å²) in [7, 11) is 0. The molecule has 0 saturated carbocycles. The Morgan fingerprint density at radius 2 is 1.68 bits per heavy atom. The normalized spacial score (nSPS) is 14.4. The molecule has 0 bridgehead atoms. The molecule has 1 atom stereocenters. The summed E-state index contributed by atoms with van der Waals surface area (Å²) in [4.78, 5) is 33.2. The van der Waals surface area contributed by atoms with E-state index in [0.717, 1.165) is 16.7 Å². The van der Waals surface area contributed by atoms with Gasteiger partial charge in [-0.1, -0.05) is 71.5 Å². The number of fused-ring (bicyclic) bond motifs is 1. The Morgan fingerprint density at radius 1 is 1.00 bits per heavy atom. The molecular formula is C36H28Br2ClN3O4S. The molecule has 2 heterocycles. The van der Waals surface area contributed by atoms with Crippen LogP contribution in [0, 0.1) is 0 Å². The molecule has 11 heteroatoms. The zero-order valence-electron chi connectivity index (χ0n) is 25.3. The highest BCUT2D eigenvalue weighted by Crippen LogP contribution is 2.36. The smallest absolute Gasteiger partial charge is 0.271 e. The maximum Gasteiger partial charge on any atom is 0.271 e. The first-order chi connectivity index (χ1) is 22.7. The molecule has 1 aliphatic rings. The van der Waals surface area contributed by atoms with E-state index >= 15 is 0 Å². The predicted molar refractivity (Wildman–Crippen MR) is 194 cm³/mol. The minimum atomic E-state index is -0.702. The number of hydrogen-bond acceptors (Lipinski definition) is 6. The Bertz CT molecular complexity index is 2160. The third kappa shape index (κ3) is 7.16. The second-order valence-corrected chi connectivity index (χ2v) is 13.7. The maximum atomic E-state index is 14.2. The highest BCUT2D eigenvalue weighted by molar-refractivity contribution is 9.11. The lowest BCUT2D eigenvalue weighted by atomic mass is 9.95. The van der Waals surface area contributed by atoms with E-state index < -0.39 is 6.04 Å². The van der Waals surface area contributed by atoms with E-state index in [2.05, 4.69) is 37.2 Å². The van der Waals surface area contributed by atoms with Gasteiger partial charge in [0.05, 0.1) is 37.4 Å². The van der Waals surface area contributed by atoms with E-state index in [0.29, 0.717) is 65.0 Å². The second kappa shape index (κ2) is 14.4. The van der Waals surface area contributed by atoms with Gasteiger partial charge in [-0.15, -0.1) is 0 Å². The molecule has 6 rings (SSSR count). The van der Waals surface area contributed by atoms with Crippen LogP contribution in [0.15, 0.2) is 121 Å². The van der Waals surface area contributed by atoms with Gasteiger partial charge in [-0.25, -0.2) is 4.99 Å². The van der Waals surface area contributed by atoms with Crippen molar-refractivity contribution in [3.8, 4) is 11.5 Å². The average Bonchev–Trinajstić information content (AvgIpc) is 3.35. The molecular weight excluding hydrogens is 766 g/mol. The number of halogens is 3. The van der Waals surface area contributed by atoms with Crippen LogP contribution in [0.5, 0.6) is 11.5 Å². The zero-order chi connectivity index (χ0) is 33.1. The van der Waals surface area contributed by atoms with Gasteiger partial charge in [-0.05, 0) is 105 Å². The van der Waals surface area contributed by atoms with E-state index in [9.17, 15) is 9.59 Å². The molecule has 5 aromatic rings. The molecule has 7 nitrogen and oxygen atoms in total. The van der Waals surface area contributed by atoms with Crippen molar-refractivity contribution in [3.05, 3.63) is 153 Å². The number of carbonyl (C=O) groups excluding carboxylic acids is 1. The number of anilines is 1. The summed E-state index contributed by atoms with van der Waals surface area (Å²) in [5, 5.41) is 3.61. The Morgan fingerprint density at radius 3 is 2.36 bits per heavy atom. The molecule has 1 aliphatic heterocycles. The molecule has 0 saturated heterocycles. The van der Waals surface area contributed by atoms with E-state index in [1.54, 1.807) is 11.5 Å². The summed E-state index contributed by atoms with van der Waals surface area (Å²) in [5.41, 5.74) is 3.73. The first kappa shape index (κ1) is 33.0. The number of rotatable bonds is 9. The zero-order valence-corrected chi connectivity index (χ0v) is 30.0. The van der Waals surface area contributed by atoms with Crippen LogP contribution in [0.25, 0.3) is 6.08 Å². The van der Waals surface area contributed by atoms with Crippen molar-refractivity contribution < 1.29 is 14.3 Å². The Labute approximate surface area is 297 Å². The highest BCUT2D eigenvalue weighted by atomic mass is 79.9. The van der Waals surface area contributed by atoms with Crippen molar-refractivity contribution in [1.82, 2.24) is 4.57 Å². The third-order valence-electron chi connectivity index (χ3n) is 7.45. The summed E-state index contributed by atoms with van der Waals surface area (Å²) in [6, 6.07) is 27.3. The fraction of sp³-hybridized carbons (Fsp3) is 0.139. The first-order valence-electron chi connectivity index (χ1n) is 14.7. The van der Waals surface area contributed by atoms with Crippen LogP contribution >= 0.6 is 54.8 Å². The monoisotopic (exact) mass is 791 g/mol. The Balaban J connectivity index is 1.39. The lowest BCUT2D eigenvalue weighted by Gasteiger charge is -2.25. The van der Waals surface area contributed by atoms with Crippen molar-refractivity contribution in [3.63, 3.8) is 0 Å². The van der Waals surface area contributed by atoms with Crippen LogP contribution in [0.1, 0.15) is 36.6 Å². The number of carbonyl (C=O) groups is 1. The quantitative estimate of drug-likeness (QED) is 0.164. The van der Waals surface area contributed by atoms with E-state index in [4.69, 9.17) is 26.1 Å². The van der Waals surface area contributed by atoms with Gasteiger partial charge >= 0.3 is 0 Å². The number of ether oxygens (including phenoxy) is 2. The molecule has 0 radical (unpaired) electrons. The van der Waals surface area contributed by atoms with E-state index in [1.165, 1.54) is 11.3 Å². The summed E-state index contributed by atoms with van der Waals surface area (Å²) in [5.74, 6) is 0.990. The average molecular weight is 794 g/mol. The Kier molecular flexibility index (Phi) is 10.1.